The van der Waals surface area contributed by atoms with E-state index in [1.165, 1.54) is 30.5 Å². The molecule has 2 N–H and O–H groups in total. The van der Waals surface area contributed by atoms with E-state index >= 15 is 0 Å². The smallest absolute Gasteiger partial charge is 0.258 e. The summed E-state index contributed by atoms with van der Waals surface area (Å²) in [6.45, 7) is -0.326. The molecule has 162 valence electrons. The number of carbonyl (C=O) groups is 1. The van der Waals surface area contributed by atoms with E-state index in [2.05, 4.69) is 10.3 Å². The summed E-state index contributed by atoms with van der Waals surface area (Å²) in [7, 11) is 0. The average molecular weight is 471 g/mol. The molecule has 8 heteroatoms. The van der Waals surface area contributed by atoms with Crippen molar-refractivity contribution in [1.82, 2.24) is 10.3 Å². The number of nitrogens with zero attached hydrogens (tertiary/aromatic N) is 1. The molecule has 1 heterocycles. The van der Waals surface area contributed by atoms with E-state index in [0.29, 0.717) is 11.1 Å². The van der Waals surface area contributed by atoms with Crippen LogP contribution in [-0.2, 0) is 4.79 Å². The van der Waals surface area contributed by atoms with Gasteiger partial charge in [0.1, 0.15) is 22.8 Å². The Morgan fingerprint density at radius 3 is 2.59 bits per heavy atom. The summed E-state index contributed by atoms with van der Waals surface area (Å²) in [4.78, 5) is 16.9. The van der Waals surface area contributed by atoms with Gasteiger partial charge in [-0.3, -0.25) is 9.78 Å². The molecular formula is C24H17Cl2FN2O3. The molecule has 4 aromatic rings. The number of para-hydroxylation sites is 1. The van der Waals surface area contributed by atoms with Gasteiger partial charge >= 0.3 is 0 Å². The number of phenolic OH excluding ortho intramolecular Hbond substituents is 1. The Kier molecular flexibility index (Phi) is 6.44. The van der Waals surface area contributed by atoms with E-state index in [-0.39, 0.29) is 39.0 Å². The van der Waals surface area contributed by atoms with Crippen LogP contribution in [0.5, 0.6) is 11.5 Å². The van der Waals surface area contributed by atoms with Crippen molar-refractivity contribution in [2.24, 2.45) is 0 Å². The standard InChI is InChI=1S/C24H17Cl2FN2O3/c25-17-9-4-10-19(27)21(17)22(29-20(30)13-32-14-6-2-1-3-7-14)16-12-18(26)15-8-5-11-28-23(15)24(16)31/h1-12,22,31H,13H2,(H,29,30). The lowest BCUT2D eigenvalue weighted by Gasteiger charge is -2.23. The van der Waals surface area contributed by atoms with E-state index < -0.39 is 17.8 Å². The van der Waals surface area contributed by atoms with Gasteiger partial charge in [0, 0.05) is 27.7 Å². The highest BCUT2D eigenvalue weighted by atomic mass is 35.5. The van der Waals surface area contributed by atoms with Crippen LogP contribution in [0, 0.1) is 5.82 Å². The van der Waals surface area contributed by atoms with Crippen molar-refractivity contribution in [3.05, 3.63) is 99.9 Å². The third kappa shape index (κ3) is 4.47. The molecule has 0 radical (unpaired) electrons. The fraction of sp³-hybridized carbons (Fsp3) is 0.0833. The Hall–Kier alpha value is -3.35. The molecule has 0 aliphatic carbocycles. The molecule has 0 fully saturated rings. The molecule has 1 amide bonds. The molecule has 0 bridgehead atoms. The van der Waals surface area contributed by atoms with Crippen LogP contribution < -0.4 is 10.1 Å². The molecule has 5 nitrogen and oxygen atoms in total. The molecule has 3 aromatic carbocycles. The lowest BCUT2D eigenvalue weighted by Crippen LogP contribution is -2.34. The summed E-state index contributed by atoms with van der Waals surface area (Å²) in [5.41, 5.74) is 0.368. The number of pyridine rings is 1. The number of ether oxygens (including phenoxy) is 1. The highest BCUT2D eigenvalue weighted by Gasteiger charge is 2.27. The van der Waals surface area contributed by atoms with Gasteiger partial charge in [0.05, 0.1) is 11.1 Å². The van der Waals surface area contributed by atoms with E-state index in [4.69, 9.17) is 27.9 Å². The van der Waals surface area contributed by atoms with Crippen LogP contribution in [-0.4, -0.2) is 22.6 Å². The number of rotatable bonds is 6. The van der Waals surface area contributed by atoms with Crippen LogP contribution in [0.1, 0.15) is 17.2 Å². The van der Waals surface area contributed by atoms with Crippen molar-refractivity contribution < 1.29 is 19.0 Å². The number of halogens is 3. The Labute approximate surface area is 193 Å². The maximum atomic E-state index is 14.8. The molecule has 32 heavy (non-hydrogen) atoms. The third-order valence-corrected chi connectivity index (χ3v) is 5.51. The normalized spacial score (nSPS) is 11.8. The van der Waals surface area contributed by atoms with Gasteiger partial charge < -0.3 is 15.2 Å². The number of hydrogen-bond donors (Lipinski definition) is 2. The van der Waals surface area contributed by atoms with Crippen LogP contribution in [0.4, 0.5) is 4.39 Å². The quantitative estimate of drug-likeness (QED) is 0.380. The van der Waals surface area contributed by atoms with Crippen molar-refractivity contribution in [2.75, 3.05) is 6.61 Å². The van der Waals surface area contributed by atoms with Crippen LogP contribution in [0.2, 0.25) is 10.0 Å². The zero-order valence-corrected chi connectivity index (χ0v) is 18.1. The minimum atomic E-state index is -1.14. The highest BCUT2D eigenvalue weighted by Crippen LogP contribution is 2.40. The molecule has 0 saturated heterocycles. The van der Waals surface area contributed by atoms with Gasteiger partial charge in [-0.2, -0.15) is 0 Å². The number of amides is 1. The molecule has 0 aliphatic rings. The average Bonchev–Trinajstić information content (AvgIpc) is 2.80. The molecule has 0 aliphatic heterocycles. The first-order valence-corrected chi connectivity index (χ1v) is 10.4. The number of nitrogens with one attached hydrogen (secondary N) is 1. The molecule has 1 aromatic heterocycles. The van der Waals surface area contributed by atoms with Gasteiger partial charge in [0.15, 0.2) is 6.61 Å². The first kappa shape index (κ1) is 21.9. The van der Waals surface area contributed by atoms with Gasteiger partial charge in [-0.15, -0.1) is 0 Å². The van der Waals surface area contributed by atoms with E-state index in [9.17, 15) is 14.3 Å². The zero-order valence-electron chi connectivity index (χ0n) is 16.6. The number of phenols is 1. The maximum Gasteiger partial charge on any atom is 0.258 e. The lowest BCUT2D eigenvalue weighted by atomic mass is 9.95. The third-order valence-electron chi connectivity index (χ3n) is 4.86. The monoisotopic (exact) mass is 470 g/mol. The summed E-state index contributed by atoms with van der Waals surface area (Å²) >= 11 is 12.7. The Morgan fingerprint density at radius 1 is 1.06 bits per heavy atom. The largest absolute Gasteiger partial charge is 0.505 e. The number of carbonyl (C=O) groups excluding carboxylic acids is 1. The van der Waals surface area contributed by atoms with Crippen LogP contribution in [0.15, 0.2) is 72.9 Å². The summed E-state index contributed by atoms with van der Waals surface area (Å²) in [6.07, 6.45) is 1.50. The summed E-state index contributed by atoms with van der Waals surface area (Å²) < 4.78 is 20.3. The predicted octanol–water partition coefficient (Wildman–Crippen LogP) is 5.67. The Morgan fingerprint density at radius 2 is 1.84 bits per heavy atom. The summed E-state index contributed by atoms with van der Waals surface area (Å²) in [6, 6.07) is 16.7. The zero-order chi connectivity index (χ0) is 22.7. The van der Waals surface area contributed by atoms with Gasteiger partial charge in [-0.25, -0.2) is 4.39 Å². The van der Waals surface area contributed by atoms with Crippen molar-refractivity contribution in [1.29, 1.82) is 0 Å². The fourth-order valence-corrected chi connectivity index (χ4v) is 3.93. The number of aromatic hydroxyl groups is 1. The van der Waals surface area contributed by atoms with Crippen molar-refractivity contribution in [3.8, 4) is 11.5 Å². The van der Waals surface area contributed by atoms with E-state index in [1.807, 2.05) is 6.07 Å². The molecule has 1 atom stereocenters. The molecular weight excluding hydrogens is 454 g/mol. The number of benzene rings is 3. The predicted molar refractivity (Wildman–Crippen MR) is 122 cm³/mol. The molecule has 4 rings (SSSR count). The molecule has 0 spiro atoms. The second kappa shape index (κ2) is 9.42. The van der Waals surface area contributed by atoms with Crippen molar-refractivity contribution in [2.45, 2.75) is 6.04 Å². The number of hydrogen-bond acceptors (Lipinski definition) is 4. The van der Waals surface area contributed by atoms with Crippen LogP contribution in [0.3, 0.4) is 0 Å². The van der Waals surface area contributed by atoms with Crippen molar-refractivity contribution in [3.63, 3.8) is 0 Å². The van der Waals surface area contributed by atoms with E-state index in [0.717, 1.165) is 0 Å². The first-order valence-electron chi connectivity index (χ1n) is 9.63. The highest BCUT2D eigenvalue weighted by molar-refractivity contribution is 6.35. The van der Waals surface area contributed by atoms with Gasteiger partial charge in [-0.05, 0) is 42.5 Å². The SMILES string of the molecule is O=C(COc1ccccc1)NC(c1cc(Cl)c2cccnc2c1O)c1c(F)cccc1Cl. The molecule has 0 saturated carbocycles. The fourth-order valence-electron chi connectivity index (χ4n) is 3.39. The second-order valence-corrected chi connectivity index (χ2v) is 7.75. The Bertz CT molecular complexity index is 1260. The topological polar surface area (TPSA) is 71.5 Å². The van der Waals surface area contributed by atoms with Crippen LogP contribution in [0.25, 0.3) is 10.9 Å². The first-order chi connectivity index (χ1) is 15.5. The van der Waals surface area contributed by atoms with E-state index in [1.54, 1.807) is 36.4 Å². The number of aromatic nitrogens is 1. The lowest BCUT2D eigenvalue weighted by molar-refractivity contribution is -0.123. The maximum absolute atomic E-state index is 14.8. The summed E-state index contributed by atoms with van der Waals surface area (Å²) in [5, 5.41) is 14.5. The minimum absolute atomic E-state index is 0.0103. The van der Waals surface area contributed by atoms with Gasteiger partial charge in [-0.1, -0.05) is 47.5 Å². The molecule has 1 unspecified atom stereocenters. The van der Waals surface area contributed by atoms with Crippen molar-refractivity contribution >= 4 is 40.0 Å². The number of fused-ring (bicyclic) bond motifs is 1. The summed E-state index contributed by atoms with van der Waals surface area (Å²) in [5.74, 6) is -0.930. The minimum Gasteiger partial charge on any atom is -0.505 e. The van der Waals surface area contributed by atoms with Gasteiger partial charge in [0.2, 0.25) is 0 Å². The Balaban J connectivity index is 1.75. The van der Waals surface area contributed by atoms with Gasteiger partial charge in [0.25, 0.3) is 5.91 Å². The van der Waals surface area contributed by atoms with Crippen LogP contribution >= 0.6 is 23.2 Å². The second-order valence-electron chi connectivity index (χ2n) is 6.93.